The number of carbonyl (C=O) groups excluding carboxylic acids is 2. The molecule has 0 N–H and O–H groups in total. The van der Waals surface area contributed by atoms with E-state index in [1.54, 1.807) is 48.5 Å². The van der Waals surface area contributed by atoms with Crippen LogP contribution in [0.5, 0.6) is 0 Å². The van der Waals surface area contributed by atoms with E-state index in [0.717, 1.165) is 19.6 Å². The first kappa shape index (κ1) is 30.6. The molecule has 1 saturated heterocycles. The van der Waals surface area contributed by atoms with Gasteiger partial charge in [0.25, 0.3) is 11.8 Å². The van der Waals surface area contributed by atoms with Crippen molar-refractivity contribution in [2.24, 2.45) is 0 Å². The van der Waals surface area contributed by atoms with Crippen LogP contribution in [0.15, 0.2) is 97.2 Å². The molecule has 1 aliphatic heterocycles. The number of aryl methyl sites for hydroxylation is 1. The van der Waals surface area contributed by atoms with E-state index in [-0.39, 0.29) is 11.8 Å². The highest BCUT2D eigenvalue weighted by Crippen LogP contribution is 2.31. The maximum Gasteiger partial charge on any atom is 0.265 e. The number of para-hydroxylation sites is 1. The number of ether oxygens (including phenoxy) is 1. The lowest BCUT2D eigenvalue weighted by molar-refractivity contribution is 0.0628. The second-order valence-electron chi connectivity index (χ2n) is 11.2. The van der Waals surface area contributed by atoms with E-state index in [9.17, 15) is 14.9 Å². The first-order valence-corrected chi connectivity index (χ1v) is 15.4. The molecule has 2 aromatic heterocycles. The van der Waals surface area contributed by atoms with E-state index in [0.29, 0.717) is 72.2 Å². The molecule has 3 aromatic carbocycles. The number of benzene rings is 3. The van der Waals surface area contributed by atoms with E-state index in [4.69, 9.17) is 14.7 Å². The molecule has 2 amide bonds. The van der Waals surface area contributed by atoms with Gasteiger partial charge in [-0.25, -0.2) is 14.9 Å². The van der Waals surface area contributed by atoms with E-state index in [1.165, 1.54) is 5.56 Å². The monoisotopic (exact) mass is 613 g/mol. The van der Waals surface area contributed by atoms with E-state index >= 15 is 0 Å². The van der Waals surface area contributed by atoms with Gasteiger partial charge in [-0.3, -0.25) is 19.1 Å². The molecule has 0 radical (unpaired) electrons. The van der Waals surface area contributed by atoms with Gasteiger partial charge in [-0.05, 0) is 48.4 Å². The van der Waals surface area contributed by atoms with E-state index in [2.05, 4.69) is 23.1 Å². The van der Waals surface area contributed by atoms with Crippen molar-refractivity contribution < 1.29 is 14.3 Å². The summed E-state index contributed by atoms with van der Waals surface area (Å²) in [6.45, 7) is 4.67. The van der Waals surface area contributed by atoms with Gasteiger partial charge in [0.1, 0.15) is 5.52 Å². The highest BCUT2D eigenvalue weighted by atomic mass is 16.5. The number of carbonyl (C=O) groups is 2. The van der Waals surface area contributed by atoms with Crippen LogP contribution in [0.2, 0.25) is 0 Å². The molecule has 1 aliphatic rings. The number of anilines is 2. The molecule has 0 saturated carbocycles. The maximum atomic E-state index is 14.1. The molecule has 5 aromatic rings. The van der Waals surface area contributed by atoms with Gasteiger partial charge < -0.3 is 9.64 Å². The maximum absolute atomic E-state index is 14.1. The summed E-state index contributed by atoms with van der Waals surface area (Å²) < 4.78 is 7.21. The number of rotatable bonds is 10. The van der Waals surface area contributed by atoms with Gasteiger partial charge in [-0.1, -0.05) is 54.6 Å². The van der Waals surface area contributed by atoms with Crippen molar-refractivity contribution in [1.82, 2.24) is 24.3 Å². The van der Waals surface area contributed by atoms with Gasteiger partial charge >= 0.3 is 0 Å². The number of amides is 2. The molecule has 0 bridgehead atoms. The second kappa shape index (κ2) is 14.2. The lowest BCUT2D eigenvalue weighted by atomic mass is 10.1. The predicted octanol–water partition coefficient (Wildman–Crippen LogP) is 5.28. The molecule has 0 aliphatic carbocycles. The summed E-state index contributed by atoms with van der Waals surface area (Å²) in [5.41, 5.74) is 4.15. The zero-order chi connectivity index (χ0) is 31.9. The fraction of sp³-hybridized carbons (Fsp3) is 0.250. The van der Waals surface area contributed by atoms with Gasteiger partial charge in [-0.15, -0.1) is 0 Å². The Kier molecular flexibility index (Phi) is 9.43. The number of hydrogen-bond donors (Lipinski definition) is 0. The van der Waals surface area contributed by atoms with Crippen LogP contribution < -0.4 is 4.90 Å². The third-order valence-corrected chi connectivity index (χ3v) is 8.11. The van der Waals surface area contributed by atoms with Gasteiger partial charge in [0.05, 0.1) is 22.9 Å². The lowest BCUT2D eigenvalue weighted by Gasteiger charge is -2.34. The van der Waals surface area contributed by atoms with Crippen LogP contribution in [0.3, 0.4) is 0 Å². The molecular formula is C36H35N7O3. The number of aromatic nitrogens is 3. The molecule has 10 nitrogen and oxygen atoms in total. The largest absolute Gasteiger partial charge is 0.385 e. The number of hydrogen-bond acceptors (Lipinski definition) is 7. The standard InChI is InChI=1S/C36H35N7O3/c1-46-21-9-16-42-33-32(23-30(25-38-33)34(44)41-19-17-40(18-20-41)26-27-10-4-2-5-11-27)39-36(42)43(31-14-6-3-7-15-31)35(45)29-13-8-12-28(22-29)24-37/h2-8,10-15,22-23,25H,9,16-21,26H2,1H3. The Balaban J connectivity index is 1.32. The van der Waals surface area contributed by atoms with Crippen LogP contribution >= 0.6 is 0 Å². The predicted molar refractivity (Wildman–Crippen MR) is 176 cm³/mol. The summed E-state index contributed by atoms with van der Waals surface area (Å²) in [5, 5.41) is 9.47. The molecule has 0 spiro atoms. The first-order chi connectivity index (χ1) is 22.6. The van der Waals surface area contributed by atoms with Crippen LogP contribution in [0.1, 0.15) is 38.3 Å². The number of nitriles is 1. The highest BCUT2D eigenvalue weighted by Gasteiger charge is 2.28. The van der Waals surface area contributed by atoms with Crippen molar-refractivity contribution in [1.29, 1.82) is 5.26 Å². The van der Waals surface area contributed by atoms with Crippen molar-refractivity contribution in [2.45, 2.75) is 19.5 Å². The average Bonchev–Trinajstić information content (AvgIpc) is 3.46. The molecule has 0 unspecified atom stereocenters. The molecule has 3 heterocycles. The summed E-state index contributed by atoms with van der Waals surface area (Å²) >= 11 is 0. The van der Waals surface area contributed by atoms with Gasteiger partial charge in [-0.2, -0.15) is 5.26 Å². The SMILES string of the molecule is COCCCn1c(N(C(=O)c2cccc(C#N)c2)c2ccccc2)nc2cc(C(=O)N3CCN(Cc4ccccc4)CC3)cnc21. The topological polar surface area (TPSA) is 108 Å². The van der Waals surface area contributed by atoms with E-state index < -0.39 is 0 Å². The number of fused-ring (bicyclic) bond motifs is 1. The fourth-order valence-corrected chi connectivity index (χ4v) is 5.74. The van der Waals surface area contributed by atoms with Crippen LogP contribution in [0.4, 0.5) is 11.6 Å². The lowest BCUT2D eigenvalue weighted by Crippen LogP contribution is -2.48. The number of methoxy groups -OCH3 is 1. The molecule has 10 heteroatoms. The third kappa shape index (κ3) is 6.66. The molecule has 6 rings (SSSR count). The summed E-state index contributed by atoms with van der Waals surface area (Å²) in [7, 11) is 1.65. The summed E-state index contributed by atoms with van der Waals surface area (Å²) in [5.74, 6) is -0.0545. The zero-order valence-electron chi connectivity index (χ0n) is 25.7. The number of pyridine rings is 1. The second-order valence-corrected chi connectivity index (χ2v) is 11.2. The average molecular weight is 614 g/mol. The minimum absolute atomic E-state index is 0.0893. The van der Waals surface area contributed by atoms with Gasteiger partial charge in [0, 0.05) is 64.7 Å². The Morgan fingerprint density at radius 1 is 0.913 bits per heavy atom. The minimum atomic E-state index is -0.337. The fourth-order valence-electron chi connectivity index (χ4n) is 5.74. The van der Waals surface area contributed by atoms with Crippen molar-refractivity contribution in [3.63, 3.8) is 0 Å². The quantitative estimate of drug-likeness (QED) is 0.197. The van der Waals surface area contributed by atoms with Crippen molar-refractivity contribution >= 4 is 34.6 Å². The minimum Gasteiger partial charge on any atom is -0.385 e. The normalized spacial score (nSPS) is 13.4. The van der Waals surface area contributed by atoms with Crippen molar-refractivity contribution in [2.75, 3.05) is 44.8 Å². The van der Waals surface area contributed by atoms with Gasteiger partial charge in [0.2, 0.25) is 5.95 Å². The Bertz CT molecular complexity index is 1860. The van der Waals surface area contributed by atoms with Crippen LogP contribution in [0, 0.1) is 11.3 Å². The zero-order valence-corrected chi connectivity index (χ0v) is 25.7. The summed E-state index contributed by atoms with van der Waals surface area (Å²) in [4.78, 5) is 43.2. The Labute approximate surface area is 268 Å². The summed E-state index contributed by atoms with van der Waals surface area (Å²) in [6, 6.07) is 30.1. The molecule has 232 valence electrons. The Hall–Kier alpha value is -5.37. The smallest absolute Gasteiger partial charge is 0.265 e. The number of imidazole rings is 1. The highest BCUT2D eigenvalue weighted by molar-refractivity contribution is 6.10. The van der Waals surface area contributed by atoms with Gasteiger partial charge in [0.15, 0.2) is 5.65 Å². The first-order valence-electron chi connectivity index (χ1n) is 15.4. The van der Waals surface area contributed by atoms with Crippen LogP contribution in [-0.2, 0) is 17.8 Å². The van der Waals surface area contributed by atoms with Crippen LogP contribution in [0.25, 0.3) is 11.2 Å². The Morgan fingerprint density at radius 3 is 2.37 bits per heavy atom. The number of nitrogens with zero attached hydrogens (tertiary/aromatic N) is 7. The molecule has 46 heavy (non-hydrogen) atoms. The van der Waals surface area contributed by atoms with Crippen molar-refractivity contribution in [3.8, 4) is 6.07 Å². The molecular weight excluding hydrogens is 578 g/mol. The molecule has 1 fully saturated rings. The van der Waals surface area contributed by atoms with E-state index in [1.807, 2.05) is 58.0 Å². The van der Waals surface area contributed by atoms with Crippen molar-refractivity contribution in [3.05, 3.63) is 119 Å². The Morgan fingerprint density at radius 2 is 1.65 bits per heavy atom. The summed E-state index contributed by atoms with van der Waals surface area (Å²) in [6.07, 6.45) is 2.26. The van der Waals surface area contributed by atoms with Crippen LogP contribution in [-0.4, -0.2) is 76.0 Å². The number of piperazine rings is 1. The molecule has 0 atom stereocenters. The third-order valence-electron chi connectivity index (χ3n) is 8.11.